The lowest BCUT2D eigenvalue weighted by atomic mass is 9.99. The summed E-state index contributed by atoms with van der Waals surface area (Å²) in [6.45, 7) is 4.32. The van der Waals surface area contributed by atoms with Crippen molar-refractivity contribution >= 4 is 5.91 Å². The number of benzene rings is 2. The van der Waals surface area contributed by atoms with E-state index in [2.05, 4.69) is 11.4 Å². The molecule has 0 radical (unpaired) electrons. The minimum Gasteiger partial charge on any atom is -0.369 e. The lowest BCUT2D eigenvalue weighted by molar-refractivity contribution is -0.127. The molecule has 4 nitrogen and oxygen atoms in total. The molecule has 0 saturated carbocycles. The van der Waals surface area contributed by atoms with Crippen LogP contribution >= 0.6 is 0 Å². The first-order chi connectivity index (χ1) is 11.1. The molecule has 0 saturated heterocycles. The maximum absolute atomic E-state index is 11.6. The second-order valence-electron chi connectivity index (χ2n) is 5.49. The normalized spacial score (nSPS) is 10.3. The highest BCUT2D eigenvalue weighted by Gasteiger charge is 2.05. The second kappa shape index (κ2) is 8.11. The zero-order valence-electron chi connectivity index (χ0n) is 13.4. The molecule has 0 aliphatic carbocycles. The molecule has 2 rings (SSSR count). The molecule has 0 aromatic heterocycles. The van der Waals surface area contributed by atoms with Gasteiger partial charge in [0.05, 0.1) is 17.7 Å². The summed E-state index contributed by atoms with van der Waals surface area (Å²) in [5.74, 6) is -0.127. The molecular weight excluding hydrogens is 288 g/mol. The average Bonchev–Trinajstić information content (AvgIpc) is 2.58. The number of nitrogens with zero attached hydrogens (tertiary/aromatic N) is 1. The third-order valence-electron chi connectivity index (χ3n) is 3.35. The lowest BCUT2D eigenvalue weighted by Gasteiger charge is -2.09. The number of ether oxygens (including phenoxy) is 1. The van der Waals surface area contributed by atoms with Crippen LogP contribution in [-0.4, -0.2) is 18.6 Å². The molecule has 2 aromatic rings. The molecule has 0 spiro atoms. The van der Waals surface area contributed by atoms with Crippen LogP contribution < -0.4 is 5.32 Å². The van der Waals surface area contributed by atoms with Gasteiger partial charge in [0.25, 0.3) is 0 Å². The van der Waals surface area contributed by atoms with Crippen molar-refractivity contribution in [1.29, 1.82) is 5.26 Å². The van der Waals surface area contributed by atoms with E-state index in [1.54, 1.807) is 6.07 Å². The van der Waals surface area contributed by atoms with Crippen molar-refractivity contribution in [3.63, 3.8) is 0 Å². The summed E-state index contributed by atoms with van der Waals surface area (Å²) in [6.07, 6.45) is 0.0419. The van der Waals surface area contributed by atoms with Crippen LogP contribution in [-0.2, 0) is 16.1 Å². The standard InChI is InChI=1S/C19H20N2O2/c1-14(2)23-13-19(22)21-12-15-7-9-16(10-8-15)18-6-4-3-5-17(18)11-20/h3-10,14H,12-13H2,1-2H3,(H,21,22). The summed E-state index contributed by atoms with van der Waals surface area (Å²) >= 11 is 0. The number of hydrogen-bond acceptors (Lipinski definition) is 3. The van der Waals surface area contributed by atoms with Crippen molar-refractivity contribution in [2.75, 3.05) is 6.61 Å². The Bertz CT molecular complexity index is 700. The Morgan fingerprint density at radius 3 is 2.52 bits per heavy atom. The Kier molecular flexibility index (Phi) is 5.90. The van der Waals surface area contributed by atoms with Crippen molar-refractivity contribution < 1.29 is 9.53 Å². The smallest absolute Gasteiger partial charge is 0.246 e. The molecule has 0 heterocycles. The first kappa shape index (κ1) is 16.7. The number of nitrogens with one attached hydrogen (secondary N) is 1. The van der Waals surface area contributed by atoms with Gasteiger partial charge in [-0.25, -0.2) is 0 Å². The summed E-state index contributed by atoms with van der Waals surface area (Å²) in [4.78, 5) is 11.6. The van der Waals surface area contributed by atoms with Gasteiger partial charge in [-0.3, -0.25) is 4.79 Å². The molecule has 4 heteroatoms. The number of rotatable bonds is 6. The second-order valence-corrected chi connectivity index (χ2v) is 5.49. The predicted molar refractivity (Wildman–Crippen MR) is 89.5 cm³/mol. The van der Waals surface area contributed by atoms with E-state index in [4.69, 9.17) is 10.00 Å². The fourth-order valence-corrected chi connectivity index (χ4v) is 2.13. The van der Waals surface area contributed by atoms with Gasteiger partial charge in [0, 0.05) is 6.54 Å². The topological polar surface area (TPSA) is 62.1 Å². The van der Waals surface area contributed by atoms with Gasteiger partial charge < -0.3 is 10.1 Å². The molecule has 0 bridgehead atoms. The Balaban J connectivity index is 1.98. The molecular formula is C19H20N2O2. The molecule has 0 aliphatic heterocycles. The SMILES string of the molecule is CC(C)OCC(=O)NCc1ccc(-c2ccccc2C#N)cc1. The van der Waals surface area contributed by atoms with Crippen LogP contribution in [0.15, 0.2) is 48.5 Å². The maximum Gasteiger partial charge on any atom is 0.246 e. The monoisotopic (exact) mass is 308 g/mol. The molecule has 23 heavy (non-hydrogen) atoms. The minimum atomic E-state index is -0.127. The van der Waals surface area contributed by atoms with Gasteiger partial charge in [0.1, 0.15) is 6.61 Å². The number of amides is 1. The van der Waals surface area contributed by atoms with Crippen LogP contribution in [0.1, 0.15) is 25.0 Å². The fraction of sp³-hybridized carbons (Fsp3) is 0.263. The van der Waals surface area contributed by atoms with Gasteiger partial charge in [0.15, 0.2) is 0 Å². The molecule has 0 unspecified atom stereocenters. The van der Waals surface area contributed by atoms with Crippen LogP contribution in [0.5, 0.6) is 0 Å². The predicted octanol–water partition coefficient (Wildman–Crippen LogP) is 3.27. The van der Waals surface area contributed by atoms with Crippen LogP contribution in [0.2, 0.25) is 0 Å². The van der Waals surface area contributed by atoms with E-state index in [1.165, 1.54) is 0 Å². The van der Waals surface area contributed by atoms with E-state index in [1.807, 2.05) is 56.3 Å². The van der Waals surface area contributed by atoms with Crippen molar-refractivity contribution in [3.05, 3.63) is 59.7 Å². The van der Waals surface area contributed by atoms with Crippen LogP contribution in [0.3, 0.4) is 0 Å². The highest BCUT2D eigenvalue weighted by Crippen LogP contribution is 2.23. The zero-order valence-corrected chi connectivity index (χ0v) is 13.4. The zero-order chi connectivity index (χ0) is 16.7. The Hall–Kier alpha value is -2.64. The first-order valence-electron chi connectivity index (χ1n) is 7.57. The van der Waals surface area contributed by atoms with Gasteiger partial charge >= 0.3 is 0 Å². The van der Waals surface area contributed by atoms with E-state index >= 15 is 0 Å². The highest BCUT2D eigenvalue weighted by atomic mass is 16.5. The van der Waals surface area contributed by atoms with Gasteiger partial charge in [0.2, 0.25) is 5.91 Å². The van der Waals surface area contributed by atoms with Crippen molar-refractivity contribution in [3.8, 4) is 17.2 Å². The average molecular weight is 308 g/mol. The number of nitriles is 1. The van der Waals surface area contributed by atoms with Gasteiger partial charge in [-0.1, -0.05) is 42.5 Å². The van der Waals surface area contributed by atoms with Gasteiger partial charge in [-0.05, 0) is 36.6 Å². The molecule has 118 valence electrons. The number of hydrogen-bond donors (Lipinski definition) is 1. The molecule has 0 aliphatic rings. The largest absolute Gasteiger partial charge is 0.369 e. The van der Waals surface area contributed by atoms with E-state index in [9.17, 15) is 4.79 Å². The molecule has 1 N–H and O–H groups in total. The van der Waals surface area contributed by atoms with E-state index < -0.39 is 0 Å². The molecule has 1 amide bonds. The summed E-state index contributed by atoms with van der Waals surface area (Å²) in [6, 6.07) is 17.5. The van der Waals surface area contributed by atoms with Crippen LogP contribution in [0.4, 0.5) is 0 Å². The summed E-state index contributed by atoms with van der Waals surface area (Å²) in [7, 11) is 0. The third-order valence-corrected chi connectivity index (χ3v) is 3.35. The number of carbonyl (C=O) groups excluding carboxylic acids is 1. The summed E-state index contributed by atoms with van der Waals surface area (Å²) in [5.41, 5.74) is 3.55. The van der Waals surface area contributed by atoms with Crippen molar-refractivity contribution in [2.45, 2.75) is 26.5 Å². The summed E-state index contributed by atoms with van der Waals surface area (Å²) < 4.78 is 5.25. The molecule has 2 aromatic carbocycles. The van der Waals surface area contributed by atoms with Crippen LogP contribution in [0, 0.1) is 11.3 Å². The first-order valence-corrected chi connectivity index (χ1v) is 7.57. The van der Waals surface area contributed by atoms with E-state index in [-0.39, 0.29) is 18.6 Å². The minimum absolute atomic E-state index is 0.0419. The highest BCUT2D eigenvalue weighted by molar-refractivity contribution is 5.77. The third kappa shape index (κ3) is 4.94. The maximum atomic E-state index is 11.6. The quantitative estimate of drug-likeness (QED) is 0.891. The van der Waals surface area contributed by atoms with Crippen molar-refractivity contribution in [1.82, 2.24) is 5.32 Å². The lowest BCUT2D eigenvalue weighted by Crippen LogP contribution is -2.28. The Morgan fingerprint density at radius 1 is 1.17 bits per heavy atom. The van der Waals surface area contributed by atoms with Gasteiger partial charge in [-0.2, -0.15) is 5.26 Å². The van der Waals surface area contributed by atoms with Crippen molar-refractivity contribution in [2.24, 2.45) is 0 Å². The van der Waals surface area contributed by atoms with E-state index in [0.717, 1.165) is 16.7 Å². The number of carbonyl (C=O) groups is 1. The van der Waals surface area contributed by atoms with E-state index in [0.29, 0.717) is 12.1 Å². The Labute approximate surface area is 136 Å². The Morgan fingerprint density at radius 2 is 1.87 bits per heavy atom. The summed E-state index contributed by atoms with van der Waals surface area (Å²) in [5, 5.41) is 12.0. The fourth-order valence-electron chi connectivity index (χ4n) is 2.13. The molecule has 0 fully saturated rings. The van der Waals surface area contributed by atoms with Gasteiger partial charge in [-0.15, -0.1) is 0 Å². The van der Waals surface area contributed by atoms with Crippen LogP contribution in [0.25, 0.3) is 11.1 Å². The molecule has 0 atom stereocenters.